The quantitative estimate of drug-likeness (QED) is 0.757. The van der Waals surface area contributed by atoms with Gasteiger partial charge >= 0.3 is 6.03 Å². The van der Waals surface area contributed by atoms with E-state index in [2.05, 4.69) is 17.2 Å². The van der Waals surface area contributed by atoms with Crippen molar-refractivity contribution in [3.8, 4) is 0 Å². The summed E-state index contributed by atoms with van der Waals surface area (Å²) in [6.45, 7) is 3.99. The molecule has 3 amide bonds. The van der Waals surface area contributed by atoms with E-state index in [9.17, 15) is 9.59 Å². The molecule has 31 heavy (non-hydrogen) atoms. The predicted octanol–water partition coefficient (Wildman–Crippen LogP) is 2.28. The van der Waals surface area contributed by atoms with E-state index in [0.717, 1.165) is 30.8 Å². The highest BCUT2D eigenvalue weighted by Crippen LogP contribution is 2.38. The van der Waals surface area contributed by atoms with Crippen molar-refractivity contribution in [1.82, 2.24) is 19.6 Å². The van der Waals surface area contributed by atoms with Crippen LogP contribution < -0.4 is 4.90 Å². The van der Waals surface area contributed by atoms with E-state index in [-0.39, 0.29) is 18.0 Å². The molecule has 0 N–H and O–H groups in total. The first-order valence-corrected chi connectivity index (χ1v) is 11.1. The normalized spacial score (nSPS) is 23.6. The Morgan fingerprint density at radius 3 is 2.61 bits per heavy atom. The van der Waals surface area contributed by atoms with Gasteiger partial charge in [0.05, 0.1) is 23.3 Å². The summed E-state index contributed by atoms with van der Waals surface area (Å²) in [6.07, 6.45) is 5.99. The number of amides is 3. The first-order chi connectivity index (χ1) is 15.1. The lowest BCUT2D eigenvalue weighted by Crippen LogP contribution is -2.49. The Balaban J connectivity index is 1.32. The van der Waals surface area contributed by atoms with Crippen LogP contribution in [-0.2, 0) is 14.9 Å². The fraction of sp³-hybridized carbons (Fsp3) is 0.522. The molecule has 8 heteroatoms. The van der Waals surface area contributed by atoms with Crippen LogP contribution in [0.15, 0.2) is 42.7 Å². The summed E-state index contributed by atoms with van der Waals surface area (Å²) < 4.78 is 7.52. The number of anilines is 1. The van der Waals surface area contributed by atoms with Gasteiger partial charge in [-0.2, -0.15) is 5.10 Å². The Morgan fingerprint density at radius 1 is 1.13 bits per heavy atom. The third-order valence-corrected chi connectivity index (χ3v) is 7.02. The second-order valence-corrected chi connectivity index (χ2v) is 8.79. The molecule has 2 aromatic rings. The highest BCUT2D eigenvalue weighted by Gasteiger charge is 2.45. The zero-order valence-electron chi connectivity index (χ0n) is 17.9. The van der Waals surface area contributed by atoms with Crippen LogP contribution in [0.5, 0.6) is 0 Å². The summed E-state index contributed by atoms with van der Waals surface area (Å²) in [4.78, 5) is 31.5. The van der Waals surface area contributed by atoms with Crippen LogP contribution in [0.3, 0.4) is 0 Å². The van der Waals surface area contributed by atoms with Crippen molar-refractivity contribution in [1.29, 1.82) is 0 Å². The van der Waals surface area contributed by atoms with Gasteiger partial charge in [-0.15, -0.1) is 0 Å². The number of likely N-dealkylation sites (tertiary alicyclic amines) is 1. The molecule has 3 fully saturated rings. The van der Waals surface area contributed by atoms with Crippen molar-refractivity contribution in [2.75, 3.05) is 51.3 Å². The predicted molar refractivity (Wildman–Crippen MR) is 116 cm³/mol. The zero-order valence-corrected chi connectivity index (χ0v) is 17.9. The third-order valence-electron chi connectivity index (χ3n) is 7.02. The van der Waals surface area contributed by atoms with Gasteiger partial charge < -0.3 is 14.5 Å². The van der Waals surface area contributed by atoms with Crippen LogP contribution in [-0.4, -0.2) is 78.0 Å². The van der Waals surface area contributed by atoms with E-state index < -0.39 is 5.41 Å². The number of ether oxygens (including phenoxy) is 1. The van der Waals surface area contributed by atoms with Crippen LogP contribution >= 0.6 is 0 Å². The number of carbonyl (C=O) groups is 2. The SMILES string of the molecule is CN1CCN(c2cnn(C3CCN(C(=O)C4(c5ccccc5)CCOCC4)C3)c2)C1=O. The summed E-state index contributed by atoms with van der Waals surface area (Å²) in [6, 6.07) is 10.3. The maximum Gasteiger partial charge on any atom is 0.324 e. The highest BCUT2D eigenvalue weighted by atomic mass is 16.5. The number of carbonyl (C=O) groups excluding carboxylic acids is 2. The van der Waals surface area contributed by atoms with Crippen LogP contribution in [0.2, 0.25) is 0 Å². The lowest BCUT2D eigenvalue weighted by atomic mass is 9.73. The zero-order chi connectivity index (χ0) is 21.4. The molecule has 164 valence electrons. The average molecular weight is 424 g/mol. The van der Waals surface area contributed by atoms with Crippen molar-refractivity contribution in [3.05, 3.63) is 48.3 Å². The number of likely N-dealkylation sites (N-methyl/N-ethyl adjacent to an activating group) is 1. The van der Waals surface area contributed by atoms with Gasteiger partial charge in [0.2, 0.25) is 5.91 Å². The lowest BCUT2D eigenvalue weighted by molar-refractivity contribution is -0.140. The monoisotopic (exact) mass is 423 g/mol. The van der Waals surface area contributed by atoms with Gasteiger partial charge in [-0.1, -0.05) is 30.3 Å². The maximum atomic E-state index is 13.8. The maximum absolute atomic E-state index is 13.8. The number of urea groups is 1. The van der Waals surface area contributed by atoms with Gasteiger partial charge in [0.25, 0.3) is 0 Å². The number of rotatable bonds is 4. The molecule has 3 saturated heterocycles. The third kappa shape index (κ3) is 3.48. The first-order valence-electron chi connectivity index (χ1n) is 11.1. The standard InChI is InChI=1S/C23H29N5O3/c1-25-11-12-27(22(25)30)20-15-24-28(17-20)19-7-10-26(16-19)21(29)23(8-13-31-14-9-23)18-5-3-2-4-6-18/h2-6,15,17,19H,7-14,16H2,1H3. The van der Waals surface area contributed by atoms with Crippen molar-refractivity contribution < 1.29 is 14.3 Å². The Labute approximate surface area is 182 Å². The van der Waals surface area contributed by atoms with Crippen LogP contribution in [0.25, 0.3) is 0 Å². The molecule has 5 rings (SSSR count). The van der Waals surface area contributed by atoms with Gasteiger partial charge in [-0.25, -0.2) is 4.79 Å². The molecule has 1 aromatic heterocycles. The second-order valence-electron chi connectivity index (χ2n) is 8.79. The molecule has 3 aliphatic rings. The van der Waals surface area contributed by atoms with Crippen molar-refractivity contribution >= 4 is 17.6 Å². The van der Waals surface area contributed by atoms with Crippen LogP contribution in [0, 0.1) is 0 Å². The van der Waals surface area contributed by atoms with Crippen molar-refractivity contribution in [2.24, 2.45) is 0 Å². The molecule has 0 saturated carbocycles. The summed E-state index contributed by atoms with van der Waals surface area (Å²) in [7, 11) is 1.81. The fourth-order valence-corrected chi connectivity index (χ4v) is 5.10. The van der Waals surface area contributed by atoms with Crippen molar-refractivity contribution in [2.45, 2.75) is 30.7 Å². The van der Waals surface area contributed by atoms with Crippen LogP contribution in [0.4, 0.5) is 10.5 Å². The second kappa shape index (κ2) is 8.00. The van der Waals surface area contributed by atoms with Gasteiger partial charge in [-0.05, 0) is 24.8 Å². The minimum Gasteiger partial charge on any atom is -0.381 e. The van der Waals surface area contributed by atoms with E-state index in [1.54, 1.807) is 16.0 Å². The summed E-state index contributed by atoms with van der Waals surface area (Å²) in [5, 5.41) is 4.53. The molecule has 0 spiro atoms. The molecule has 0 radical (unpaired) electrons. The number of nitrogens with zero attached hydrogens (tertiary/aromatic N) is 5. The summed E-state index contributed by atoms with van der Waals surface area (Å²) >= 11 is 0. The first kappa shape index (κ1) is 20.1. The Kier molecular flexibility index (Phi) is 5.17. The molecule has 1 unspecified atom stereocenters. The lowest BCUT2D eigenvalue weighted by Gasteiger charge is -2.39. The Bertz CT molecular complexity index is 953. The molecular weight excluding hydrogens is 394 g/mol. The topological polar surface area (TPSA) is 70.9 Å². The van der Waals surface area contributed by atoms with E-state index in [4.69, 9.17) is 4.74 Å². The highest BCUT2D eigenvalue weighted by molar-refractivity contribution is 5.93. The van der Waals surface area contributed by atoms with Crippen molar-refractivity contribution in [3.63, 3.8) is 0 Å². The molecule has 8 nitrogen and oxygen atoms in total. The van der Waals surface area contributed by atoms with Gasteiger partial charge in [0, 0.05) is 52.6 Å². The van der Waals surface area contributed by atoms with E-state index in [1.165, 1.54) is 0 Å². The minimum atomic E-state index is -0.504. The molecule has 3 aliphatic heterocycles. The van der Waals surface area contributed by atoms with Gasteiger partial charge in [-0.3, -0.25) is 14.4 Å². The largest absolute Gasteiger partial charge is 0.381 e. The number of benzene rings is 1. The van der Waals surface area contributed by atoms with E-state index >= 15 is 0 Å². The smallest absolute Gasteiger partial charge is 0.324 e. The molecule has 1 atom stereocenters. The number of hydrogen-bond donors (Lipinski definition) is 0. The minimum absolute atomic E-state index is 0.00657. The molecule has 0 bridgehead atoms. The Morgan fingerprint density at radius 2 is 1.90 bits per heavy atom. The van der Waals surface area contributed by atoms with Gasteiger partial charge in [0.15, 0.2) is 0 Å². The molecule has 4 heterocycles. The summed E-state index contributed by atoms with van der Waals surface area (Å²) in [5.74, 6) is 0.202. The molecular formula is C23H29N5O3. The summed E-state index contributed by atoms with van der Waals surface area (Å²) in [5.41, 5.74) is 1.41. The Hall–Kier alpha value is -2.87. The fourth-order valence-electron chi connectivity index (χ4n) is 5.10. The van der Waals surface area contributed by atoms with E-state index in [0.29, 0.717) is 39.1 Å². The number of hydrogen-bond acceptors (Lipinski definition) is 4. The van der Waals surface area contributed by atoms with E-state index in [1.807, 2.05) is 41.0 Å². The average Bonchev–Trinajstić information content (AvgIpc) is 3.55. The molecule has 0 aliphatic carbocycles. The van der Waals surface area contributed by atoms with Crippen LogP contribution in [0.1, 0.15) is 30.9 Å². The van der Waals surface area contributed by atoms with Gasteiger partial charge in [0.1, 0.15) is 0 Å². The number of aromatic nitrogens is 2. The molecule has 1 aromatic carbocycles.